The lowest BCUT2D eigenvalue weighted by molar-refractivity contribution is -0.106. The lowest BCUT2D eigenvalue weighted by Crippen LogP contribution is -2.27. The molecule has 1 saturated heterocycles. The summed E-state index contributed by atoms with van der Waals surface area (Å²) in [6.07, 6.45) is 5.93. The molecule has 1 aliphatic heterocycles. The number of carbonyl (C=O) groups excluding carboxylic acids is 1. The normalized spacial score (nSPS) is 25.3. The summed E-state index contributed by atoms with van der Waals surface area (Å²) in [6, 6.07) is 0.464. The van der Waals surface area contributed by atoms with Crippen LogP contribution in [0.4, 0.5) is 0 Å². The fourth-order valence-corrected chi connectivity index (χ4v) is 1.74. The van der Waals surface area contributed by atoms with Gasteiger partial charge in [0.15, 0.2) is 0 Å². The Morgan fingerprint density at radius 1 is 1.75 bits per heavy atom. The van der Waals surface area contributed by atoms with E-state index in [-0.39, 0.29) is 5.12 Å². The minimum Gasteiger partial charge on any atom is -0.297 e. The van der Waals surface area contributed by atoms with Gasteiger partial charge < -0.3 is 0 Å². The SMILES string of the molecule is CCN1CCCC1/C=C/C(=O)S. The molecule has 1 unspecified atom stereocenters. The van der Waals surface area contributed by atoms with Crippen LogP contribution in [0, 0.1) is 0 Å². The van der Waals surface area contributed by atoms with Crippen LogP contribution in [-0.4, -0.2) is 29.1 Å². The Hall–Kier alpha value is -0.280. The summed E-state index contributed by atoms with van der Waals surface area (Å²) in [4.78, 5) is 12.9. The molecule has 3 heteroatoms. The highest BCUT2D eigenvalue weighted by Gasteiger charge is 2.19. The Bertz CT molecular complexity index is 191. The van der Waals surface area contributed by atoms with Gasteiger partial charge in [0.1, 0.15) is 0 Å². The second-order valence-corrected chi connectivity index (χ2v) is 3.48. The predicted molar refractivity (Wildman–Crippen MR) is 53.4 cm³/mol. The first-order valence-corrected chi connectivity index (χ1v) is 4.84. The third-order valence-electron chi connectivity index (χ3n) is 2.28. The average Bonchev–Trinajstić information content (AvgIpc) is 2.47. The summed E-state index contributed by atoms with van der Waals surface area (Å²) in [6.45, 7) is 4.37. The Balaban J connectivity index is 2.45. The summed E-state index contributed by atoms with van der Waals surface area (Å²) >= 11 is 3.69. The van der Waals surface area contributed by atoms with Gasteiger partial charge in [0.2, 0.25) is 5.12 Å². The summed E-state index contributed by atoms with van der Waals surface area (Å²) in [7, 11) is 0. The summed E-state index contributed by atoms with van der Waals surface area (Å²) < 4.78 is 0. The van der Waals surface area contributed by atoms with Crippen LogP contribution < -0.4 is 0 Å². The maximum atomic E-state index is 10.6. The Kier molecular flexibility index (Phi) is 3.82. The molecule has 1 aliphatic rings. The molecule has 12 heavy (non-hydrogen) atoms. The van der Waals surface area contributed by atoms with E-state index < -0.39 is 0 Å². The highest BCUT2D eigenvalue weighted by molar-refractivity contribution is 7.97. The van der Waals surface area contributed by atoms with Crippen LogP contribution >= 0.6 is 12.6 Å². The van der Waals surface area contributed by atoms with E-state index in [0.29, 0.717) is 6.04 Å². The van der Waals surface area contributed by atoms with Gasteiger partial charge in [-0.2, -0.15) is 0 Å². The average molecular weight is 185 g/mol. The highest BCUT2D eigenvalue weighted by atomic mass is 32.1. The van der Waals surface area contributed by atoms with E-state index in [1.165, 1.54) is 12.8 Å². The number of hydrogen-bond acceptors (Lipinski definition) is 2. The molecule has 0 aromatic carbocycles. The molecule has 0 aliphatic carbocycles. The van der Waals surface area contributed by atoms with E-state index in [2.05, 4.69) is 24.5 Å². The standard InChI is InChI=1S/C9H15NOS/c1-2-10-7-3-4-8(10)5-6-9(11)12/h5-6,8H,2-4,7H2,1H3,(H,11,12)/b6-5+. The molecule has 2 nitrogen and oxygen atoms in total. The topological polar surface area (TPSA) is 20.3 Å². The maximum absolute atomic E-state index is 10.6. The molecule has 1 atom stereocenters. The number of rotatable bonds is 3. The van der Waals surface area contributed by atoms with Gasteiger partial charge in [-0.3, -0.25) is 9.69 Å². The molecule has 0 saturated carbocycles. The molecule has 1 rings (SSSR count). The fourth-order valence-electron chi connectivity index (χ4n) is 1.66. The lowest BCUT2D eigenvalue weighted by atomic mass is 10.2. The van der Waals surface area contributed by atoms with Crippen molar-refractivity contribution in [1.82, 2.24) is 4.90 Å². The van der Waals surface area contributed by atoms with Gasteiger partial charge in [0, 0.05) is 6.04 Å². The van der Waals surface area contributed by atoms with Crippen molar-refractivity contribution in [3.63, 3.8) is 0 Å². The van der Waals surface area contributed by atoms with E-state index in [4.69, 9.17) is 0 Å². The zero-order valence-corrected chi connectivity index (χ0v) is 8.26. The Labute approximate surface area is 79.0 Å². The zero-order chi connectivity index (χ0) is 8.97. The van der Waals surface area contributed by atoms with Crippen molar-refractivity contribution in [1.29, 1.82) is 0 Å². The predicted octanol–water partition coefficient (Wildman–Crippen LogP) is 1.48. The first kappa shape index (κ1) is 9.81. The van der Waals surface area contributed by atoms with Crippen molar-refractivity contribution < 1.29 is 4.79 Å². The molecular weight excluding hydrogens is 170 g/mol. The van der Waals surface area contributed by atoms with Crippen LogP contribution in [0.5, 0.6) is 0 Å². The Morgan fingerprint density at radius 2 is 2.50 bits per heavy atom. The van der Waals surface area contributed by atoms with Crippen LogP contribution in [0.15, 0.2) is 12.2 Å². The van der Waals surface area contributed by atoms with Crippen LogP contribution in [0.25, 0.3) is 0 Å². The molecule has 0 N–H and O–H groups in total. The Morgan fingerprint density at radius 3 is 3.08 bits per heavy atom. The quantitative estimate of drug-likeness (QED) is 0.531. The lowest BCUT2D eigenvalue weighted by Gasteiger charge is -2.18. The van der Waals surface area contributed by atoms with E-state index >= 15 is 0 Å². The first-order chi connectivity index (χ1) is 5.74. The van der Waals surface area contributed by atoms with Gasteiger partial charge >= 0.3 is 0 Å². The zero-order valence-electron chi connectivity index (χ0n) is 7.36. The molecule has 68 valence electrons. The van der Waals surface area contributed by atoms with Gasteiger partial charge in [-0.1, -0.05) is 13.0 Å². The molecule has 0 bridgehead atoms. The van der Waals surface area contributed by atoms with Crippen molar-refractivity contribution >= 4 is 17.7 Å². The summed E-state index contributed by atoms with van der Waals surface area (Å²) in [5.74, 6) is 0. The summed E-state index contributed by atoms with van der Waals surface area (Å²) in [5, 5.41) is -0.155. The van der Waals surface area contributed by atoms with Gasteiger partial charge in [-0.05, 0) is 32.0 Å². The minimum absolute atomic E-state index is 0.155. The largest absolute Gasteiger partial charge is 0.297 e. The number of thiol groups is 1. The van der Waals surface area contributed by atoms with Crippen LogP contribution in [0.2, 0.25) is 0 Å². The number of nitrogens with zero attached hydrogens (tertiary/aromatic N) is 1. The van der Waals surface area contributed by atoms with E-state index in [1.54, 1.807) is 6.08 Å². The highest BCUT2D eigenvalue weighted by Crippen LogP contribution is 2.17. The monoisotopic (exact) mass is 185 g/mol. The third kappa shape index (κ3) is 2.64. The first-order valence-electron chi connectivity index (χ1n) is 4.39. The molecule has 1 heterocycles. The number of likely N-dealkylation sites (N-methyl/N-ethyl adjacent to an activating group) is 1. The van der Waals surface area contributed by atoms with E-state index in [9.17, 15) is 4.79 Å². The third-order valence-corrected chi connectivity index (χ3v) is 2.43. The second-order valence-electron chi connectivity index (χ2n) is 3.04. The van der Waals surface area contributed by atoms with Gasteiger partial charge in [-0.25, -0.2) is 0 Å². The van der Waals surface area contributed by atoms with E-state index in [1.807, 2.05) is 6.08 Å². The molecule has 0 amide bonds. The molecular formula is C9H15NOS. The van der Waals surface area contributed by atoms with Crippen molar-refractivity contribution in [3.05, 3.63) is 12.2 Å². The van der Waals surface area contributed by atoms with Crippen molar-refractivity contribution in [2.75, 3.05) is 13.1 Å². The second kappa shape index (κ2) is 4.67. The van der Waals surface area contributed by atoms with Gasteiger partial charge in [0.25, 0.3) is 0 Å². The number of carbonyl (C=O) groups is 1. The fraction of sp³-hybridized carbons (Fsp3) is 0.667. The van der Waals surface area contributed by atoms with Gasteiger partial charge in [-0.15, -0.1) is 12.6 Å². The minimum atomic E-state index is -0.155. The maximum Gasteiger partial charge on any atom is 0.208 e. The molecule has 0 aromatic heterocycles. The summed E-state index contributed by atoms with van der Waals surface area (Å²) in [5.41, 5.74) is 0. The molecule has 0 aromatic rings. The smallest absolute Gasteiger partial charge is 0.208 e. The molecule has 0 radical (unpaired) electrons. The van der Waals surface area contributed by atoms with E-state index in [0.717, 1.165) is 13.1 Å². The number of hydrogen-bond donors (Lipinski definition) is 1. The molecule has 1 fully saturated rings. The van der Waals surface area contributed by atoms with Crippen molar-refractivity contribution in [2.24, 2.45) is 0 Å². The number of likely N-dealkylation sites (tertiary alicyclic amines) is 1. The van der Waals surface area contributed by atoms with Crippen LogP contribution in [-0.2, 0) is 4.79 Å². The van der Waals surface area contributed by atoms with Crippen molar-refractivity contribution in [3.8, 4) is 0 Å². The van der Waals surface area contributed by atoms with Gasteiger partial charge in [0.05, 0.1) is 0 Å². The van der Waals surface area contributed by atoms with Crippen LogP contribution in [0.1, 0.15) is 19.8 Å². The van der Waals surface area contributed by atoms with Crippen molar-refractivity contribution in [2.45, 2.75) is 25.8 Å². The molecule has 0 spiro atoms. The van der Waals surface area contributed by atoms with Crippen LogP contribution in [0.3, 0.4) is 0 Å².